The first-order chi connectivity index (χ1) is 7.11. The van der Waals surface area contributed by atoms with Crippen molar-refractivity contribution in [3.05, 3.63) is 35.1 Å². The van der Waals surface area contributed by atoms with Gasteiger partial charge >= 0.3 is 0 Å². The van der Waals surface area contributed by atoms with Crippen LogP contribution in [-0.2, 0) is 0 Å². The summed E-state index contributed by atoms with van der Waals surface area (Å²) in [6, 6.07) is 5.41. The summed E-state index contributed by atoms with van der Waals surface area (Å²) in [6.45, 7) is 13.9. The van der Waals surface area contributed by atoms with E-state index in [0.29, 0.717) is 5.92 Å². The molecule has 0 aliphatic heterocycles. The van der Waals surface area contributed by atoms with Crippen molar-refractivity contribution in [1.29, 1.82) is 0 Å². The van der Waals surface area contributed by atoms with E-state index >= 15 is 0 Å². The summed E-state index contributed by atoms with van der Waals surface area (Å²) in [5, 5.41) is 0. The maximum Gasteiger partial charge on any atom is 0.126 e. The lowest BCUT2D eigenvalue weighted by Gasteiger charge is -2.05. The fourth-order valence-electron chi connectivity index (χ4n) is 0.968. The fraction of sp³-hybridized carbons (Fsp3) is 0.571. The summed E-state index contributed by atoms with van der Waals surface area (Å²) in [6.07, 6.45) is 0. The lowest BCUT2D eigenvalue weighted by atomic mass is 10.0. The third-order valence-electron chi connectivity index (χ3n) is 1.86. The first kappa shape index (κ1) is 16.6. The molecule has 1 aromatic carbocycles. The van der Waals surface area contributed by atoms with Crippen molar-refractivity contribution >= 4 is 0 Å². The highest BCUT2D eigenvalue weighted by Crippen LogP contribution is 2.16. The molecule has 0 aliphatic carbocycles. The van der Waals surface area contributed by atoms with Gasteiger partial charge in [0.05, 0.1) is 0 Å². The summed E-state index contributed by atoms with van der Waals surface area (Å²) in [4.78, 5) is 0. The number of hydrogen-bond donors (Lipinski definition) is 0. The predicted octanol–water partition coefficient (Wildman–Crippen LogP) is 5.31. The van der Waals surface area contributed by atoms with Crippen molar-refractivity contribution in [2.45, 2.75) is 54.4 Å². The van der Waals surface area contributed by atoms with Crippen molar-refractivity contribution in [2.75, 3.05) is 0 Å². The zero-order chi connectivity index (χ0) is 12.4. The van der Waals surface area contributed by atoms with Gasteiger partial charge in [-0.2, -0.15) is 0 Å². The molecule has 88 valence electrons. The Morgan fingerprint density at radius 2 is 1.47 bits per heavy atom. The second-order valence-electron chi connectivity index (χ2n) is 3.16. The molecule has 15 heavy (non-hydrogen) atoms. The van der Waals surface area contributed by atoms with E-state index in [1.54, 1.807) is 13.0 Å². The third kappa shape index (κ3) is 6.27. The van der Waals surface area contributed by atoms with E-state index in [2.05, 4.69) is 13.8 Å². The molecule has 0 saturated carbocycles. The standard InChI is InChI=1S/C10H13F.2C2H6/c1-7(2)9-5-4-8(3)10(11)6-9;2*1-2/h4-7H,1-3H3;2*1-2H3. The van der Waals surface area contributed by atoms with Crippen LogP contribution in [0.25, 0.3) is 0 Å². The van der Waals surface area contributed by atoms with Crippen LogP contribution in [-0.4, -0.2) is 0 Å². The lowest BCUT2D eigenvalue weighted by molar-refractivity contribution is 0.614. The molecule has 0 amide bonds. The van der Waals surface area contributed by atoms with Gasteiger partial charge in [0.15, 0.2) is 0 Å². The highest BCUT2D eigenvalue weighted by atomic mass is 19.1. The van der Waals surface area contributed by atoms with Crippen LogP contribution in [0.3, 0.4) is 0 Å². The molecular formula is C14H25F. The number of rotatable bonds is 1. The van der Waals surface area contributed by atoms with Crippen LogP contribution in [0.2, 0.25) is 0 Å². The van der Waals surface area contributed by atoms with Crippen LogP contribution in [0.1, 0.15) is 58.6 Å². The molecule has 0 nitrogen and oxygen atoms in total. The molecule has 1 heteroatoms. The minimum atomic E-state index is -0.101. The Hall–Kier alpha value is -0.850. The highest BCUT2D eigenvalue weighted by Gasteiger charge is 2.01. The van der Waals surface area contributed by atoms with Crippen LogP contribution >= 0.6 is 0 Å². The second kappa shape index (κ2) is 9.70. The molecule has 0 unspecified atom stereocenters. The van der Waals surface area contributed by atoms with Gasteiger partial charge in [-0.15, -0.1) is 0 Å². The molecule has 0 fully saturated rings. The Kier molecular flexibility index (Phi) is 10.7. The number of hydrogen-bond acceptors (Lipinski definition) is 0. The first-order valence-electron chi connectivity index (χ1n) is 5.87. The largest absolute Gasteiger partial charge is 0.207 e. The molecule has 1 aromatic rings. The second-order valence-corrected chi connectivity index (χ2v) is 3.16. The van der Waals surface area contributed by atoms with Crippen molar-refractivity contribution in [2.24, 2.45) is 0 Å². The van der Waals surface area contributed by atoms with Gasteiger partial charge in [-0.1, -0.05) is 53.7 Å². The molecule has 0 aliphatic rings. The molecule has 0 bridgehead atoms. The average Bonchev–Trinajstić information content (AvgIpc) is 2.27. The van der Waals surface area contributed by atoms with Gasteiger partial charge in [-0.05, 0) is 30.0 Å². The zero-order valence-electron chi connectivity index (χ0n) is 11.2. The van der Waals surface area contributed by atoms with Crippen LogP contribution < -0.4 is 0 Å². The Morgan fingerprint density at radius 1 is 1.00 bits per heavy atom. The van der Waals surface area contributed by atoms with Crippen molar-refractivity contribution in [3.63, 3.8) is 0 Å². The first-order valence-corrected chi connectivity index (χ1v) is 5.87. The van der Waals surface area contributed by atoms with Crippen LogP contribution in [0.15, 0.2) is 18.2 Å². The normalized spacial score (nSPS) is 8.60. The van der Waals surface area contributed by atoms with Gasteiger partial charge in [-0.25, -0.2) is 4.39 Å². The van der Waals surface area contributed by atoms with E-state index in [0.717, 1.165) is 11.1 Å². The highest BCUT2D eigenvalue weighted by molar-refractivity contribution is 5.25. The molecule has 0 spiro atoms. The maximum absolute atomic E-state index is 12.9. The number of aryl methyl sites for hydroxylation is 1. The summed E-state index contributed by atoms with van der Waals surface area (Å²) in [5.74, 6) is 0.307. The van der Waals surface area contributed by atoms with Crippen LogP contribution in [0.4, 0.5) is 4.39 Å². The molecule has 0 N–H and O–H groups in total. The summed E-state index contributed by atoms with van der Waals surface area (Å²) in [5.41, 5.74) is 1.78. The van der Waals surface area contributed by atoms with Crippen LogP contribution in [0, 0.1) is 12.7 Å². The van der Waals surface area contributed by atoms with Gasteiger partial charge in [0.2, 0.25) is 0 Å². The lowest BCUT2D eigenvalue weighted by Crippen LogP contribution is -1.90. The minimum Gasteiger partial charge on any atom is -0.207 e. The van der Waals surface area contributed by atoms with Gasteiger partial charge in [0.25, 0.3) is 0 Å². The van der Waals surface area contributed by atoms with Crippen molar-refractivity contribution < 1.29 is 4.39 Å². The van der Waals surface area contributed by atoms with Gasteiger partial charge in [0, 0.05) is 0 Å². The van der Waals surface area contributed by atoms with E-state index in [1.165, 1.54) is 0 Å². The van der Waals surface area contributed by atoms with E-state index in [4.69, 9.17) is 0 Å². The quantitative estimate of drug-likeness (QED) is 0.591. The van der Waals surface area contributed by atoms with Crippen LogP contribution in [0.5, 0.6) is 0 Å². The van der Waals surface area contributed by atoms with Gasteiger partial charge < -0.3 is 0 Å². The molecule has 0 saturated heterocycles. The van der Waals surface area contributed by atoms with Gasteiger partial charge in [-0.3, -0.25) is 0 Å². The summed E-state index contributed by atoms with van der Waals surface area (Å²) >= 11 is 0. The third-order valence-corrected chi connectivity index (χ3v) is 1.86. The monoisotopic (exact) mass is 212 g/mol. The van der Waals surface area contributed by atoms with Crippen molar-refractivity contribution in [1.82, 2.24) is 0 Å². The van der Waals surface area contributed by atoms with Gasteiger partial charge in [0.1, 0.15) is 5.82 Å². The summed E-state index contributed by atoms with van der Waals surface area (Å²) < 4.78 is 12.9. The van der Waals surface area contributed by atoms with E-state index in [1.807, 2.05) is 39.8 Å². The molecule has 0 heterocycles. The van der Waals surface area contributed by atoms with Crippen molar-refractivity contribution in [3.8, 4) is 0 Å². The molecular weight excluding hydrogens is 187 g/mol. The Morgan fingerprint density at radius 3 is 1.80 bits per heavy atom. The minimum absolute atomic E-state index is 0.101. The average molecular weight is 212 g/mol. The predicted molar refractivity (Wildman–Crippen MR) is 67.9 cm³/mol. The topological polar surface area (TPSA) is 0 Å². The molecule has 1 rings (SSSR count). The number of benzene rings is 1. The van der Waals surface area contributed by atoms with E-state index in [-0.39, 0.29) is 5.82 Å². The molecule has 0 aromatic heterocycles. The number of halogens is 1. The SMILES string of the molecule is CC.CC.Cc1ccc(C(C)C)cc1F. The molecule has 0 atom stereocenters. The van der Waals surface area contributed by atoms with E-state index in [9.17, 15) is 4.39 Å². The Bertz CT molecular complexity index is 252. The Labute approximate surface area is 94.5 Å². The Balaban J connectivity index is 0. The van der Waals surface area contributed by atoms with E-state index < -0.39 is 0 Å². The summed E-state index contributed by atoms with van der Waals surface area (Å²) in [7, 11) is 0. The smallest absolute Gasteiger partial charge is 0.126 e. The fourth-order valence-corrected chi connectivity index (χ4v) is 0.968. The zero-order valence-corrected chi connectivity index (χ0v) is 11.2. The molecule has 0 radical (unpaired) electrons. The maximum atomic E-state index is 12.9.